The number of hydrogen-bond donors (Lipinski definition) is 1. The van der Waals surface area contributed by atoms with Gasteiger partial charge in [-0.2, -0.15) is 0 Å². The van der Waals surface area contributed by atoms with Crippen LogP contribution in [-0.2, 0) is 13.6 Å². The lowest BCUT2D eigenvalue weighted by Crippen LogP contribution is -1.85. The molecule has 5 heteroatoms. The lowest BCUT2D eigenvalue weighted by molar-refractivity contribution is 0.243. The Hall–Kier alpha value is -0.730. The van der Waals surface area contributed by atoms with E-state index in [4.69, 9.17) is 9.05 Å². The van der Waals surface area contributed by atoms with Gasteiger partial charge in [-0.3, -0.25) is 4.89 Å². The minimum atomic E-state index is -4.02. The van der Waals surface area contributed by atoms with Crippen molar-refractivity contribution in [2.24, 2.45) is 0 Å². The standard InChI is InChI=1S/C24H47O4P/c1-3-5-7-9-11-13-15-17-19-21-23-27-29(25,26)28-24-22-20-18-16-14-12-10-8-6-4-2/h21-24H,3-20H2,1-2H3,(H,25,26)/b23-21+,24-22+. The first-order valence-corrected chi connectivity index (χ1v) is 13.6. The van der Waals surface area contributed by atoms with Crippen LogP contribution in [-0.4, -0.2) is 4.89 Å². The summed E-state index contributed by atoms with van der Waals surface area (Å²) in [5.74, 6) is 0. The lowest BCUT2D eigenvalue weighted by Gasteiger charge is -2.07. The maximum absolute atomic E-state index is 11.7. The zero-order valence-electron chi connectivity index (χ0n) is 19.2. The third-order valence-corrected chi connectivity index (χ3v) is 5.81. The van der Waals surface area contributed by atoms with E-state index in [1.165, 1.54) is 102 Å². The van der Waals surface area contributed by atoms with Crippen LogP contribution in [0, 0.1) is 0 Å². The molecule has 0 saturated heterocycles. The maximum Gasteiger partial charge on any atom is 0.583 e. The Kier molecular flexibility index (Phi) is 21.4. The Morgan fingerprint density at radius 1 is 0.586 bits per heavy atom. The van der Waals surface area contributed by atoms with Crippen LogP contribution in [0.2, 0.25) is 0 Å². The minimum Gasteiger partial charge on any atom is -0.404 e. The topological polar surface area (TPSA) is 55.8 Å². The second-order valence-electron chi connectivity index (χ2n) is 7.95. The fourth-order valence-corrected chi connectivity index (χ4v) is 3.72. The Morgan fingerprint density at radius 2 is 0.897 bits per heavy atom. The van der Waals surface area contributed by atoms with Crippen molar-refractivity contribution in [2.75, 3.05) is 0 Å². The molecule has 0 aromatic heterocycles. The van der Waals surface area contributed by atoms with Crippen LogP contribution in [0.4, 0.5) is 0 Å². The summed E-state index contributed by atoms with van der Waals surface area (Å²) in [6.45, 7) is 4.47. The fourth-order valence-electron chi connectivity index (χ4n) is 3.19. The largest absolute Gasteiger partial charge is 0.583 e. The molecule has 0 spiro atoms. The molecule has 1 N–H and O–H groups in total. The summed E-state index contributed by atoms with van der Waals surface area (Å²) in [4.78, 5) is 9.61. The summed E-state index contributed by atoms with van der Waals surface area (Å²) in [7, 11) is -4.02. The second-order valence-corrected chi connectivity index (χ2v) is 9.31. The van der Waals surface area contributed by atoms with Crippen molar-refractivity contribution < 1.29 is 18.5 Å². The summed E-state index contributed by atoms with van der Waals surface area (Å²) in [6, 6.07) is 0. The maximum atomic E-state index is 11.7. The van der Waals surface area contributed by atoms with Crippen molar-refractivity contribution in [3.8, 4) is 0 Å². The van der Waals surface area contributed by atoms with E-state index in [1.54, 1.807) is 12.2 Å². The molecule has 4 nitrogen and oxygen atoms in total. The van der Waals surface area contributed by atoms with E-state index in [9.17, 15) is 9.46 Å². The van der Waals surface area contributed by atoms with Gasteiger partial charge in [0.05, 0.1) is 12.5 Å². The van der Waals surface area contributed by atoms with Crippen LogP contribution in [0.1, 0.15) is 129 Å². The Labute approximate surface area is 180 Å². The van der Waals surface area contributed by atoms with Crippen molar-refractivity contribution in [1.29, 1.82) is 0 Å². The van der Waals surface area contributed by atoms with Crippen LogP contribution in [0.5, 0.6) is 0 Å². The summed E-state index contributed by atoms with van der Waals surface area (Å²) in [6.07, 6.45) is 28.3. The molecular weight excluding hydrogens is 383 g/mol. The average molecular weight is 431 g/mol. The van der Waals surface area contributed by atoms with Gasteiger partial charge < -0.3 is 9.05 Å². The highest BCUT2D eigenvalue weighted by Crippen LogP contribution is 2.43. The highest BCUT2D eigenvalue weighted by molar-refractivity contribution is 7.47. The predicted octanol–water partition coefficient (Wildman–Crippen LogP) is 9.21. The molecule has 0 bridgehead atoms. The van der Waals surface area contributed by atoms with Crippen molar-refractivity contribution in [3.05, 3.63) is 24.7 Å². The van der Waals surface area contributed by atoms with E-state index >= 15 is 0 Å². The van der Waals surface area contributed by atoms with Crippen LogP contribution >= 0.6 is 7.82 Å². The summed E-state index contributed by atoms with van der Waals surface area (Å²) < 4.78 is 21.4. The van der Waals surface area contributed by atoms with Crippen LogP contribution in [0.3, 0.4) is 0 Å². The van der Waals surface area contributed by atoms with Gasteiger partial charge in [0.15, 0.2) is 0 Å². The zero-order valence-corrected chi connectivity index (χ0v) is 20.1. The molecule has 0 aliphatic rings. The first-order valence-electron chi connectivity index (χ1n) is 12.1. The Balaban J connectivity index is 3.52. The van der Waals surface area contributed by atoms with Crippen molar-refractivity contribution in [3.63, 3.8) is 0 Å². The molecule has 172 valence electrons. The van der Waals surface area contributed by atoms with Gasteiger partial charge in [-0.05, 0) is 37.8 Å². The molecule has 0 aliphatic carbocycles. The van der Waals surface area contributed by atoms with Gasteiger partial charge in [-0.1, -0.05) is 104 Å². The summed E-state index contributed by atoms with van der Waals surface area (Å²) >= 11 is 0. The Morgan fingerprint density at radius 3 is 1.24 bits per heavy atom. The van der Waals surface area contributed by atoms with E-state index in [0.29, 0.717) is 0 Å². The Bertz CT molecular complexity index is 399. The van der Waals surface area contributed by atoms with Gasteiger partial charge in [0.1, 0.15) is 0 Å². The highest BCUT2D eigenvalue weighted by atomic mass is 31.2. The summed E-state index contributed by atoms with van der Waals surface area (Å²) in [5.41, 5.74) is 0. The molecular formula is C24H47O4P. The molecule has 0 rings (SSSR count). The molecule has 0 heterocycles. The van der Waals surface area contributed by atoms with Crippen molar-refractivity contribution in [1.82, 2.24) is 0 Å². The fraction of sp³-hybridized carbons (Fsp3) is 0.833. The number of phosphoric acid groups is 1. The van der Waals surface area contributed by atoms with Gasteiger partial charge >= 0.3 is 7.82 Å². The second kappa shape index (κ2) is 22.0. The van der Waals surface area contributed by atoms with E-state index in [2.05, 4.69) is 13.8 Å². The third-order valence-electron chi connectivity index (χ3n) is 5.03. The van der Waals surface area contributed by atoms with Gasteiger partial charge in [0.25, 0.3) is 0 Å². The van der Waals surface area contributed by atoms with Crippen molar-refractivity contribution in [2.45, 2.75) is 129 Å². The normalized spacial score (nSPS) is 12.2. The quantitative estimate of drug-likeness (QED) is 0.106. The molecule has 0 aromatic carbocycles. The molecule has 0 aromatic rings. The molecule has 29 heavy (non-hydrogen) atoms. The van der Waals surface area contributed by atoms with Crippen LogP contribution in [0.15, 0.2) is 24.7 Å². The highest BCUT2D eigenvalue weighted by Gasteiger charge is 2.19. The van der Waals surface area contributed by atoms with Crippen molar-refractivity contribution >= 4 is 7.82 Å². The first kappa shape index (κ1) is 28.3. The number of allylic oxidation sites excluding steroid dienone is 2. The molecule has 0 amide bonds. The van der Waals surface area contributed by atoms with E-state index in [1.807, 2.05) is 0 Å². The number of rotatable bonds is 22. The molecule has 0 radical (unpaired) electrons. The molecule has 0 atom stereocenters. The summed E-state index contributed by atoms with van der Waals surface area (Å²) in [5, 5.41) is 0. The van der Waals surface area contributed by atoms with E-state index in [0.717, 1.165) is 25.7 Å². The predicted molar refractivity (Wildman–Crippen MR) is 125 cm³/mol. The van der Waals surface area contributed by atoms with E-state index in [-0.39, 0.29) is 0 Å². The monoisotopic (exact) mass is 430 g/mol. The van der Waals surface area contributed by atoms with Gasteiger partial charge in [0.2, 0.25) is 0 Å². The van der Waals surface area contributed by atoms with Crippen LogP contribution < -0.4 is 0 Å². The third kappa shape index (κ3) is 23.4. The lowest BCUT2D eigenvalue weighted by atomic mass is 10.1. The van der Waals surface area contributed by atoms with Gasteiger partial charge in [0, 0.05) is 0 Å². The first-order chi connectivity index (χ1) is 14.1. The molecule has 0 saturated carbocycles. The van der Waals surface area contributed by atoms with Gasteiger partial charge in [-0.15, -0.1) is 0 Å². The zero-order chi connectivity index (χ0) is 21.5. The smallest absolute Gasteiger partial charge is 0.404 e. The van der Waals surface area contributed by atoms with Crippen LogP contribution in [0.25, 0.3) is 0 Å². The number of phosphoric ester groups is 1. The number of hydrogen-bond acceptors (Lipinski definition) is 3. The minimum absolute atomic E-state index is 0.864. The molecule has 0 unspecified atom stereocenters. The van der Waals surface area contributed by atoms with E-state index < -0.39 is 7.82 Å². The average Bonchev–Trinajstić information content (AvgIpc) is 2.70. The molecule has 0 fully saturated rings. The molecule has 0 aliphatic heterocycles. The SMILES string of the molecule is CCCCCCCCCC/C=C/OP(=O)(O)O/C=C/CCCCCCCCCC. The number of unbranched alkanes of at least 4 members (excludes halogenated alkanes) is 16. The van der Waals surface area contributed by atoms with Gasteiger partial charge in [-0.25, -0.2) is 4.57 Å².